The van der Waals surface area contributed by atoms with Gasteiger partial charge in [-0.3, -0.25) is 9.48 Å². The van der Waals surface area contributed by atoms with Gasteiger partial charge in [-0.1, -0.05) is 42.5 Å². The van der Waals surface area contributed by atoms with Crippen molar-refractivity contribution in [3.63, 3.8) is 0 Å². The average molecular weight is 346 g/mol. The van der Waals surface area contributed by atoms with Gasteiger partial charge >= 0.3 is 0 Å². The number of para-hydroxylation sites is 1. The van der Waals surface area contributed by atoms with Crippen LogP contribution in [0.25, 0.3) is 0 Å². The highest BCUT2D eigenvalue weighted by atomic mass is 16.2. The molecule has 2 heterocycles. The van der Waals surface area contributed by atoms with E-state index in [4.69, 9.17) is 5.10 Å². The number of amides is 1. The molecule has 1 atom stereocenters. The van der Waals surface area contributed by atoms with Crippen LogP contribution in [0.4, 0.5) is 5.69 Å². The number of nitrogens with zero attached hydrogens (tertiary/aromatic N) is 2. The molecule has 5 nitrogen and oxygen atoms in total. The maximum Gasteiger partial charge on any atom is 0.255 e. The van der Waals surface area contributed by atoms with Crippen LogP contribution in [-0.4, -0.2) is 15.7 Å². The quantitative estimate of drug-likeness (QED) is 0.760. The molecule has 5 heteroatoms. The van der Waals surface area contributed by atoms with E-state index in [1.165, 1.54) is 5.56 Å². The highest BCUT2D eigenvalue weighted by Crippen LogP contribution is 2.31. The van der Waals surface area contributed by atoms with E-state index in [1.54, 1.807) is 0 Å². The third kappa shape index (κ3) is 2.75. The van der Waals surface area contributed by atoms with Crippen LogP contribution >= 0.6 is 0 Å². The van der Waals surface area contributed by atoms with Crippen LogP contribution < -0.4 is 10.6 Å². The van der Waals surface area contributed by atoms with E-state index >= 15 is 0 Å². The first kappa shape index (κ1) is 16.4. The van der Waals surface area contributed by atoms with E-state index in [2.05, 4.69) is 29.7 Å². The monoisotopic (exact) mass is 346 g/mol. The summed E-state index contributed by atoms with van der Waals surface area (Å²) in [6, 6.07) is 16.0. The molecule has 1 aliphatic rings. The molecule has 132 valence electrons. The molecule has 4 rings (SSSR count). The van der Waals surface area contributed by atoms with E-state index in [0.717, 1.165) is 28.2 Å². The summed E-state index contributed by atoms with van der Waals surface area (Å²) >= 11 is 0. The van der Waals surface area contributed by atoms with Gasteiger partial charge in [0, 0.05) is 11.3 Å². The van der Waals surface area contributed by atoms with Crippen molar-refractivity contribution >= 4 is 11.6 Å². The molecule has 1 amide bonds. The molecule has 0 fully saturated rings. The van der Waals surface area contributed by atoms with Gasteiger partial charge in [-0.05, 0) is 38.0 Å². The summed E-state index contributed by atoms with van der Waals surface area (Å²) < 4.78 is 2.00. The summed E-state index contributed by atoms with van der Waals surface area (Å²) in [5, 5.41) is 11.3. The zero-order chi connectivity index (χ0) is 18.3. The topological polar surface area (TPSA) is 59.0 Å². The molecule has 26 heavy (non-hydrogen) atoms. The van der Waals surface area contributed by atoms with Crippen molar-refractivity contribution in [3.8, 4) is 0 Å². The number of fused-ring (bicyclic) bond motifs is 1. The van der Waals surface area contributed by atoms with Crippen LogP contribution in [0.1, 0.15) is 44.6 Å². The first-order valence-corrected chi connectivity index (χ1v) is 8.79. The second-order valence-corrected chi connectivity index (χ2v) is 6.78. The predicted molar refractivity (Wildman–Crippen MR) is 102 cm³/mol. The lowest BCUT2D eigenvalue weighted by molar-refractivity contribution is 0.0935. The lowest BCUT2D eigenvalue weighted by Gasteiger charge is -2.29. The van der Waals surface area contributed by atoms with Crippen molar-refractivity contribution < 1.29 is 4.79 Å². The molecule has 0 aliphatic carbocycles. The molecule has 0 bridgehead atoms. The molecular weight excluding hydrogens is 324 g/mol. The summed E-state index contributed by atoms with van der Waals surface area (Å²) in [5.74, 6) is -0.0536. The zero-order valence-electron chi connectivity index (χ0n) is 15.2. The van der Waals surface area contributed by atoms with E-state index < -0.39 is 0 Å². The standard InChI is InChI=1S/C21H22N4O/c1-13-8-7-11-17-19(13)22-20(23-21(17)26)18-14(2)24-25(15(18)3)12-16-9-5-4-6-10-16/h4-11,20,22H,12H2,1-3H3,(H,23,26). The molecule has 2 aromatic carbocycles. The normalized spacial score (nSPS) is 16.0. The zero-order valence-corrected chi connectivity index (χ0v) is 15.2. The molecule has 0 spiro atoms. The lowest BCUT2D eigenvalue weighted by Crippen LogP contribution is -2.39. The van der Waals surface area contributed by atoms with Crippen molar-refractivity contribution in [2.24, 2.45) is 0 Å². The van der Waals surface area contributed by atoms with Gasteiger partial charge in [0.2, 0.25) is 0 Å². The number of hydrogen-bond acceptors (Lipinski definition) is 3. The average Bonchev–Trinajstić information content (AvgIpc) is 2.90. The summed E-state index contributed by atoms with van der Waals surface area (Å²) in [6.07, 6.45) is -0.277. The summed E-state index contributed by atoms with van der Waals surface area (Å²) in [7, 11) is 0. The predicted octanol–water partition coefficient (Wildman–Crippen LogP) is 3.71. The minimum absolute atomic E-state index is 0.0536. The SMILES string of the molecule is Cc1cccc2c1NC(c1c(C)nn(Cc3ccccc3)c1C)NC2=O. The number of aryl methyl sites for hydroxylation is 2. The Morgan fingerprint density at radius 3 is 2.54 bits per heavy atom. The molecule has 0 saturated carbocycles. The van der Waals surface area contributed by atoms with Gasteiger partial charge in [-0.2, -0.15) is 5.10 Å². The number of anilines is 1. The van der Waals surface area contributed by atoms with Crippen molar-refractivity contribution in [3.05, 3.63) is 82.2 Å². The Bertz CT molecular complexity index is 975. The fourth-order valence-electron chi connectivity index (χ4n) is 3.62. The second-order valence-electron chi connectivity index (χ2n) is 6.78. The molecular formula is C21H22N4O. The maximum absolute atomic E-state index is 12.6. The van der Waals surface area contributed by atoms with Gasteiger partial charge < -0.3 is 10.6 Å². The van der Waals surface area contributed by atoms with Gasteiger partial charge in [0.1, 0.15) is 6.17 Å². The largest absolute Gasteiger partial charge is 0.361 e. The minimum atomic E-state index is -0.277. The minimum Gasteiger partial charge on any atom is -0.361 e. The van der Waals surface area contributed by atoms with Crippen LogP contribution in [0.15, 0.2) is 48.5 Å². The number of hydrogen-bond donors (Lipinski definition) is 2. The van der Waals surface area contributed by atoms with Crippen molar-refractivity contribution in [1.82, 2.24) is 15.1 Å². The number of rotatable bonds is 3. The Kier molecular flexibility index (Phi) is 3.99. The van der Waals surface area contributed by atoms with E-state index in [0.29, 0.717) is 12.1 Å². The van der Waals surface area contributed by atoms with Gasteiger partial charge in [0.05, 0.1) is 23.5 Å². The number of aromatic nitrogens is 2. The van der Waals surface area contributed by atoms with Crippen LogP contribution in [0.2, 0.25) is 0 Å². The molecule has 0 radical (unpaired) electrons. The number of carbonyl (C=O) groups is 1. The van der Waals surface area contributed by atoms with Gasteiger partial charge in [0.25, 0.3) is 5.91 Å². The molecule has 1 unspecified atom stereocenters. The summed E-state index contributed by atoms with van der Waals surface area (Å²) in [5.41, 5.74) is 6.86. The number of carbonyl (C=O) groups excluding carboxylic acids is 1. The number of nitrogens with one attached hydrogen (secondary N) is 2. The van der Waals surface area contributed by atoms with E-state index in [9.17, 15) is 4.79 Å². The molecule has 1 aromatic heterocycles. The Morgan fingerprint density at radius 1 is 1.00 bits per heavy atom. The third-order valence-electron chi connectivity index (χ3n) is 4.98. The lowest BCUT2D eigenvalue weighted by atomic mass is 10.0. The van der Waals surface area contributed by atoms with Gasteiger partial charge in [0.15, 0.2) is 0 Å². The smallest absolute Gasteiger partial charge is 0.255 e. The fourth-order valence-corrected chi connectivity index (χ4v) is 3.62. The third-order valence-corrected chi connectivity index (χ3v) is 4.98. The Morgan fingerprint density at radius 2 is 1.77 bits per heavy atom. The first-order chi connectivity index (χ1) is 12.5. The molecule has 1 aliphatic heterocycles. The molecule has 0 saturated heterocycles. The van der Waals surface area contributed by atoms with Crippen LogP contribution in [-0.2, 0) is 6.54 Å². The van der Waals surface area contributed by atoms with E-state index in [1.807, 2.05) is 54.9 Å². The Labute approximate surface area is 153 Å². The van der Waals surface area contributed by atoms with E-state index in [-0.39, 0.29) is 12.1 Å². The Hall–Kier alpha value is -3.08. The first-order valence-electron chi connectivity index (χ1n) is 8.79. The summed E-state index contributed by atoms with van der Waals surface area (Å²) in [4.78, 5) is 12.6. The second kappa shape index (κ2) is 6.33. The fraction of sp³-hybridized carbons (Fsp3) is 0.238. The molecule has 3 aromatic rings. The molecule has 2 N–H and O–H groups in total. The van der Waals surface area contributed by atoms with Crippen molar-refractivity contribution in [1.29, 1.82) is 0 Å². The van der Waals surface area contributed by atoms with Crippen LogP contribution in [0.3, 0.4) is 0 Å². The van der Waals surface area contributed by atoms with Crippen LogP contribution in [0, 0.1) is 20.8 Å². The highest BCUT2D eigenvalue weighted by Gasteiger charge is 2.29. The Balaban J connectivity index is 1.69. The van der Waals surface area contributed by atoms with Crippen molar-refractivity contribution in [2.75, 3.05) is 5.32 Å². The number of benzene rings is 2. The van der Waals surface area contributed by atoms with Gasteiger partial charge in [-0.15, -0.1) is 0 Å². The summed E-state index contributed by atoms with van der Waals surface area (Å²) in [6.45, 7) is 6.77. The maximum atomic E-state index is 12.6. The highest BCUT2D eigenvalue weighted by molar-refractivity contribution is 6.02. The van der Waals surface area contributed by atoms with Crippen LogP contribution in [0.5, 0.6) is 0 Å². The van der Waals surface area contributed by atoms with Crippen molar-refractivity contribution in [2.45, 2.75) is 33.5 Å². The van der Waals surface area contributed by atoms with Gasteiger partial charge in [-0.25, -0.2) is 0 Å².